The van der Waals surface area contributed by atoms with E-state index in [2.05, 4.69) is 36.4 Å². The first-order valence-corrected chi connectivity index (χ1v) is 8.38. The van der Waals surface area contributed by atoms with Crippen molar-refractivity contribution in [1.29, 1.82) is 0 Å². The monoisotopic (exact) mass is 295 g/mol. The lowest BCUT2D eigenvalue weighted by molar-refractivity contribution is 0.201. The maximum Gasteiger partial charge on any atom is 0.128 e. The number of aliphatic hydroxyl groups excluding tert-OH is 1. The van der Waals surface area contributed by atoms with Gasteiger partial charge in [0.05, 0.1) is 0 Å². The number of para-hydroxylation sites is 2. The zero-order valence-corrected chi connectivity index (χ0v) is 13.3. The lowest BCUT2D eigenvalue weighted by atomic mass is 9.83. The number of benzene rings is 2. The molecule has 1 atom stereocenters. The molecule has 0 amide bonds. The Labute approximate surface area is 133 Å². The third-order valence-corrected chi connectivity index (χ3v) is 4.65. The zero-order valence-electron chi connectivity index (χ0n) is 13.3. The van der Waals surface area contributed by atoms with Gasteiger partial charge in [-0.25, -0.2) is 0 Å². The fourth-order valence-electron chi connectivity index (χ4n) is 3.61. The van der Waals surface area contributed by atoms with Gasteiger partial charge in [0.25, 0.3) is 0 Å². The zero-order chi connectivity index (χ0) is 15.4. The summed E-state index contributed by atoms with van der Waals surface area (Å²) in [4.78, 5) is 2.05. The van der Waals surface area contributed by atoms with E-state index in [1.807, 2.05) is 30.0 Å². The fraction of sp³-hybridized carbons (Fsp3) is 0.400. The summed E-state index contributed by atoms with van der Waals surface area (Å²) < 4.78 is 0. The van der Waals surface area contributed by atoms with Crippen molar-refractivity contribution in [2.24, 2.45) is 0 Å². The molecule has 0 saturated heterocycles. The Kier molecular flexibility index (Phi) is 4.79. The van der Waals surface area contributed by atoms with Gasteiger partial charge >= 0.3 is 0 Å². The van der Waals surface area contributed by atoms with Crippen molar-refractivity contribution in [2.45, 2.75) is 51.2 Å². The summed E-state index contributed by atoms with van der Waals surface area (Å²) in [5.41, 5.74) is 3.57. The highest BCUT2D eigenvalue weighted by atomic mass is 16.3. The SMILES string of the molecule is CC(O)N(c1ccccc1)c1ccccc1C1CCCCC1. The molecule has 2 aromatic carbocycles. The molecule has 22 heavy (non-hydrogen) atoms. The van der Waals surface area contributed by atoms with Gasteiger partial charge in [-0.05, 0) is 49.4 Å². The number of rotatable bonds is 4. The summed E-state index contributed by atoms with van der Waals surface area (Å²) in [5.74, 6) is 0.620. The summed E-state index contributed by atoms with van der Waals surface area (Å²) in [6.45, 7) is 1.84. The molecule has 0 bridgehead atoms. The molecule has 1 saturated carbocycles. The highest BCUT2D eigenvalue weighted by Crippen LogP contribution is 2.40. The summed E-state index contributed by atoms with van der Waals surface area (Å²) >= 11 is 0. The molecule has 1 unspecified atom stereocenters. The van der Waals surface area contributed by atoms with Gasteiger partial charge in [-0.15, -0.1) is 0 Å². The van der Waals surface area contributed by atoms with Crippen LogP contribution < -0.4 is 4.90 Å². The molecule has 0 aromatic heterocycles. The molecule has 0 aliphatic heterocycles. The van der Waals surface area contributed by atoms with Crippen molar-refractivity contribution in [2.75, 3.05) is 4.90 Å². The molecule has 1 aliphatic carbocycles. The van der Waals surface area contributed by atoms with Crippen LogP contribution in [-0.4, -0.2) is 11.3 Å². The van der Waals surface area contributed by atoms with Gasteiger partial charge in [-0.2, -0.15) is 0 Å². The minimum absolute atomic E-state index is 0.549. The molecule has 116 valence electrons. The summed E-state index contributed by atoms with van der Waals surface area (Å²) in [7, 11) is 0. The molecule has 0 heterocycles. The normalized spacial score (nSPS) is 17.2. The van der Waals surface area contributed by atoms with Gasteiger partial charge < -0.3 is 10.0 Å². The third kappa shape index (κ3) is 3.17. The molecule has 1 fully saturated rings. The molecule has 2 heteroatoms. The predicted molar refractivity (Wildman–Crippen MR) is 92.5 cm³/mol. The molecular weight excluding hydrogens is 270 g/mol. The number of nitrogens with zero attached hydrogens (tertiary/aromatic N) is 1. The van der Waals surface area contributed by atoms with Crippen molar-refractivity contribution in [3.8, 4) is 0 Å². The second-order valence-electron chi connectivity index (χ2n) is 6.23. The van der Waals surface area contributed by atoms with E-state index in [1.165, 1.54) is 37.7 Å². The smallest absolute Gasteiger partial charge is 0.128 e. The van der Waals surface area contributed by atoms with Gasteiger partial charge in [-0.1, -0.05) is 55.7 Å². The van der Waals surface area contributed by atoms with Crippen molar-refractivity contribution in [1.82, 2.24) is 0 Å². The number of hydrogen-bond donors (Lipinski definition) is 1. The van der Waals surface area contributed by atoms with E-state index in [0.717, 1.165) is 11.4 Å². The van der Waals surface area contributed by atoms with Crippen LogP contribution in [0.2, 0.25) is 0 Å². The second kappa shape index (κ2) is 6.97. The second-order valence-corrected chi connectivity index (χ2v) is 6.23. The lowest BCUT2D eigenvalue weighted by Gasteiger charge is -2.33. The number of anilines is 2. The van der Waals surface area contributed by atoms with Crippen molar-refractivity contribution in [3.63, 3.8) is 0 Å². The van der Waals surface area contributed by atoms with Crippen LogP contribution in [0, 0.1) is 0 Å². The quantitative estimate of drug-likeness (QED) is 0.783. The third-order valence-electron chi connectivity index (χ3n) is 4.65. The molecule has 2 nitrogen and oxygen atoms in total. The largest absolute Gasteiger partial charge is 0.374 e. The molecule has 0 spiro atoms. The first kappa shape index (κ1) is 15.1. The molecule has 1 N–H and O–H groups in total. The fourth-order valence-corrected chi connectivity index (χ4v) is 3.61. The molecule has 3 rings (SSSR count). The number of hydrogen-bond acceptors (Lipinski definition) is 2. The Bertz CT molecular complexity index is 588. The lowest BCUT2D eigenvalue weighted by Crippen LogP contribution is -2.29. The van der Waals surface area contributed by atoms with Crippen LogP contribution in [0.3, 0.4) is 0 Å². The summed E-state index contributed by atoms with van der Waals surface area (Å²) in [5, 5.41) is 10.4. The van der Waals surface area contributed by atoms with Crippen LogP contribution >= 0.6 is 0 Å². The van der Waals surface area contributed by atoms with Crippen LogP contribution in [0.1, 0.15) is 50.5 Å². The van der Waals surface area contributed by atoms with Gasteiger partial charge in [-0.3, -0.25) is 0 Å². The first-order chi connectivity index (χ1) is 10.8. The molecule has 2 aromatic rings. The van der Waals surface area contributed by atoms with Crippen LogP contribution in [0.15, 0.2) is 54.6 Å². The van der Waals surface area contributed by atoms with Crippen LogP contribution in [-0.2, 0) is 0 Å². The molecular formula is C20H25NO. The van der Waals surface area contributed by atoms with Gasteiger partial charge in [0.1, 0.15) is 6.23 Å². The highest BCUT2D eigenvalue weighted by molar-refractivity contribution is 5.67. The Morgan fingerprint density at radius 3 is 2.23 bits per heavy atom. The number of aliphatic hydroxyl groups is 1. The van der Waals surface area contributed by atoms with Crippen LogP contribution in [0.4, 0.5) is 11.4 Å². The van der Waals surface area contributed by atoms with Crippen LogP contribution in [0.25, 0.3) is 0 Å². The summed E-state index contributed by atoms with van der Waals surface area (Å²) in [6, 6.07) is 18.7. The van der Waals surface area contributed by atoms with Gasteiger partial charge in [0, 0.05) is 11.4 Å². The highest BCUT2D eigenvalue weighted by Gasteiger charge is 2.23. The van der Waals surface area contributed by atoms with E-state index >= 15 is 0 Å². The van der Waals surface area contributed by atoms with E-state index in [-0.39, 0.29) is 0 Å². The summed E-state index contributed by atoms with van der Waals surface area (Å²) in [6.07, 6.45) is 5.97. The van der Waals surface area contributed by atoms with Gasteiger partial charge in [0.15, 0.2) is 0 Å². The topological polar surface area (TPSA) is 23.5 Å². The van der Waals surface area contributed by atoms with Crippen LogP contribution in [0.5, 0.6) is 0 Å². The minimum Gasteiger partial charge on any atom is -0.374 e. The Balaban J connectivity index is 2.01. The van der Waals surface area contributed by atoms with E-state index in [0.29, 0.717) is 5.92 Å². The van der Waals surface area contributed by atoms with Gasteiger partial charge in [0.2, 0.25) is 0 Å². The Morgan fingerprint density at radius 1 is 0.909 bits per heavy atom. The first-order valence-electron chi connectivity index (χ1n) is 8.38. The van der Waals surface area contributed by atoms with E-state index in [9.17, 15) is 5.11 Å². The average Bonchev–Trinajstić information content (AvgIpc) is 2.57. The van der Waals surface area contributed by atoms with E-state index in [1.54, 1.807) is 0 Å². The standard InChI is InChI=1S/C20H25NO/c1-16(22)21(18-12-6-3-7-13-18)20-15-9-8-14-19(20)17-10-4-2-5-11-17/h3,6-9,12-17,22H,2,4-5,10-11H2,1H3. The maximum atomic E-state index is 10.4. The van der Waals surface area contributed by atoms with Crippen molar-refractivity contribution < 1.29 is 5.11 Å². The molecule has 1 aliphatic rings. The average molecular weight is 295 g/mol. The van der Waals surface area contributed by atoms with E-state index in [4.69, 9.17) is 0 Å². The van der Waals surface area contributed by atoms with Crippen molar-refractivity contribution >= 4 is 11.4 Å². The Morgan fingerprint density at radius 2 is 1.55 bits per heavy atom. The minimum atomic E-state index is -0.549. The van der Waals surface area contributed by atoms with E-state index < -0.39 is 6.23 Å². The Hall–Kier alpha value is -1.80. The van der Waals surface area contributed by atoms with Crippen molar-refractivity contribution in [3.05, 3.63) is 60.2 Å². The maximum absolute atomic E-state index is 10.4. The predicted octanol–water partition coefficient (Wildman–Crippen LogP) is 5.21. The molecule has 0 radical (unpaired) electrons.